The molecule has 3 aliphatic rings. The van der Waals surface area contributed by atoms with Gasteiger partial charge in [-0.1, -0.05) is 17.7 Å². The smallest absolute Gasteiger partial charge is 0.337 e. The van der Waals surface area contributed by atoms with Crippen molar-refractivity contribution in [1.29, 1.82) is 0 Å². The molecule has 3 heterocycles. The summed E-state index contributed by atoms with van der Waals surface area (Å²) in [6, 6.07) is 9.51. The van der Waals surface area contributed by atoms with Crippen LogP contribution in [0.25, 0.3) is 11.0 Å². The minimum Gasteiger partial charge on any atom is -0.464 e. The molecule has 0 radical (unpaired) electrons. The molecule has 1 saturated carbocycles. The van der Waals surface area contributed by atoms with E-state index < -0.39 is 11.9 Å². The Hall–Kier alpha value is -3.45. The standard InChI is InChI=1S/C30H29NO5S/c1-16-9-10-24-20(12-16)29(33)21(15-35-24)27-26(30(34)36-19-6-3-4-7-19)17(2)31-22-13-18(14-23(32)28(22)27)25-8-5-11-37-25/h5,8-12,15,18-19,27,31H,3-4,6-7,13-14H2,1-2H3. The third-order valence-corrected chi connectivity index (χ3v) is 8.87. The molecular formula is C30H29NO5S. The first-order valence-electron chi connectivity index (χ1n) is 12.9. The lowest BCUT2D eigenvalue weighted by molar-refractivity contribution is -0.144. The van der Waals surface area contributed by atoms with E-state index in [4.69, 9.17) is 9.15 Å². The van der Waals surface area contributed by atoms with Crippen molar-refractivity contribution in [3.63, 3.8) is 0 Å². The number of Topliss-reactive ketones (excluding diaryl/α,β-unsaturated/α-hetero) is 1. The number of rotatable bonds is 4. The summed E-state index contributed by atoms with van der Waals surface area (Å²) in [5.41, 5.74) is 3.69. The number of esters is 1. The first-order chi connectivity index (χ1) is 17.9. The van der Waals surface area contributed by atoms with Gasteiger partial charge in [-0.15, -0.1) is 11.3 Å². The van der Waals surface area contributed by atoms with E-state index in [0.717, 1.165) is 41.8 Å². The zero-order valence-electron chi connectivity index (χ0n) is 21.0. The Morgan fingerprint density at radius 3 is 2.68 bits per heavy atom. The van der Waals surface area contributed by atoms with E-state index in [1.54, 1.807) is 23.5 Å². The number of carbonyl (C=O) groups excluding carboxylic acids is 2. The molecule has 0 amide bonds. The predicted molar refractivity (Wildman–Crippen MR) is 142 cm³/mol. The summed E-state index contributed by atoms with van der Waals surface area (Å²) >= 11 is 1.64. The van der Waals surface area contributed by atoms with Crippen LogP contribution in [0.3, 0.4) is 0 Å². The lowest BCUT2D eigenvalue weighted by Gasteiger charge is -2.36. The fraction of sp³-hybridized carbons (Fsp3) is 0.367. The maximum Gasteiger partial charge on any atom is 0.337 e. The van der Waals surface area contributed by atoms with Crippen molar-refractivity contribution >= 4 is 34.1 Å². The van der Waals surface area contributed by atoms with Gasteiger partial charge in [-0.3, -0.25) is 9.59 Å². The molecule has 6 nitrogen and oxygen atoms in total. The normalized spacial score (nSPS) is 22.4. The second kappa shape index (κ2) is 9.45. The van der Waals surface area contributed by atoms with Crippen LogP contribution in [-0.2, 0) is 14.3 Å². The molecule has 2 atom stereocenters. The van der Waals surface area contributed by atoms with Crippen LogP contribution in [0.15, 0.2) is 73.7 Å². The summed E-state index contributed by atoms with van der Waals surface area (Å²) in [5.74, 6) is -1.29. The number of carbonyl (C=O) groups is 2. The van der Waals surface area contributed by atoms with Crippen LogP contribution < -0.4 is 10.7 Å². The van der Waals surface area contributed by atoms with E-state index in [-0.39, 0.29) is 23.2 Å². The lowest BCUT2D eigenvalue weighted by Crippen LogP contribution is -2.38. The zero-order valence-corrected chi connectivity index (χ0v) is 21.8. The molecular weight excluding hydrogens is 486 g/mol. The molecule has 2 aromatic heterocycles. The van der Waals surface area contributed by atoms with Crippen LogP contribution >= 0.6 is 11.3 Å². The highest BCUT2D eigenvalue weighted by molar-refractivity contribution is 7.10. The van der Waals surface area contributed by atoms with E-state index in [9.17, 15) is 14.4 Å². The highest BCUT2D eigenvalue weighted by Crippen LogP contribution is 2.46. The predicted octanol–water partition coefficient (Wildman–Crippen LogP) is 6.01. The Morgan fingerprint density at radius 2 is 1.92 bits per heavy atom. The van der Waals surface area contributed by atoms with Gasteiger partial charge in [0.1, 0.15) is 11.7 Å². The van der Waals surface area contributed by atoms with Crippen LogP contribution in [0.1, 0.15) is 73.3 Å². The lowest BCUT2D eigenvalue weighted by atomic mass is 9.73. The summed E-state index contributed by atoms with van der Waals surface area (Å²) < 4.78 is 11.8. The average molecular weight is 516 g/mol. The summed E-state index contributed by atoms with van der Waals surface area (Å²) in [7, 11) is 0. The third-order valence-electron chi connectivity index (χ3n) is 7.83. The van der Waals surface area contributed by atoms with Crippen LogP contribution in [0.4, 0.5) is 0 Å². The Morgan fingerprint density at radius 1 is 1.11 bits per heavy atom. The molecule has 1 aromatic carbocycles. The minimum absolute atomic E-state index is 0.0560. The highest BCUT2D eigenvalue weighted by Gasteiger charge is 2.43. The molecule has 2 unspecified atom stereocenters. The molecule has 1 fully saturated rings. The van der Waals surface area contributed by atoms with Crippen LogP contribution in [0, 0.1) is 6.92 Å². The Balaban J connectivity index is 1.49. The number of allylic oxidation sites excluding steroid dienone is 3. The number of benzene rings is 1. The molecule has 0 bridgehead atoms. The minimum atomic E-state index is -0.830. The van der Waals surface area contributed by atoms with E-state index in [1.807, 2.05) is 31.4 Å². The summed E-state index contributed by atoms with van der Waals surface area (Å²) in [6.45, 7) is 3.74. The molecule has 1 aliphatic heterocycles. The largest absolute Gasteiger partial charge is 0.464 e. The Kier molecular flexibility index (Phi) is 6.11. The molecule has 6 rings (SSSR count). The molecule has 190 valence electrons. The topological polar surface area (TPSA) is 85.6 Å². The summed E-state index contributed by atoms with van der Waals surface area (Å²) in [6.07, 6.45) is 6.00. The number of aryl methyl sites for hydroxylation is 1. The SMILES string of the molecule is CC1=C(C(=O)OC2CCCC2)C(c2coc3ccc(C)cc3c2=O)C2=C(CC(c3cccs3)CC2=O)N1. The Bertz CT molecular complexity index is 1520. The zero-order chi connectivity index (χ0) is 25.7. The molecule has 2 aliphatic carbocycles. The van der Waals surface area contributed by atoms with Gasteiger partial charge in [-0.25, -0.2) is 4.79 Å². The highest BCUT2D eigenvalue weighted by atomic mass is 32.1. The van der Waals surface area contributed by atoms with Gasteiger partial charge >= 0.3 is 5.97 Å². The van der Waals surface area contributed by atoms with Crippen molar-refractivity contribution < 1.29 is 18.7 Å². The number of fused-ring (bicyclic) bond motifs is 1. The number of hydrogen-bond donors (Lipinski definition) is 1. The second-order valence-electron chi connectivity index (χ2n) is 10.4. The van der Waals surface area contributed by atoms with Crippen molar-refractivity contribution in [2.75, 3.05) is 0 Å². The van der Waals surface area contributed by atoms with Gasteiger partial charge in [0.25, 0.3) is 0 Å². The van der Waals surface area contributed by atoms with Gasteiger partial charge < -0.3 is 14.5 Å². The van der Waals surface area contributed by atoms with E-state index in [1.165, 1.54) is 6.26 Å². The first kappa shape index (κ1) is 23.9. The number of ether oxygens (including phenoxy) is 1. The fourth-order valence-corrected chi connectivity index (χ4v) is 6.86. The number of ketones is 1. The van der Waals surface area contributed by atoms with Gasteiger partial charge in [0, 0.05) is 39.7 Å². The van der Waals surface area contributed by atoms with Crippen LogP contribution in [-0.4, -0.2) is 17.9 Å². The van der Waals surface area contributed by atoms with Crippen LogP contribution in [0.2, 0.25) is 0 Å². The van der Waals surface area contributed by atoms with E-state index >= 15 is 0 Å². The molecule has 3 aromatic rings. The third kappa shape index (κ3) is 4.25. The fourth-order valence-electron chi connectivity index (χ4n) is 6.03. The molecule has 0 saturated heterocycles. The summed E-state index contributed by atoms with van der Waals surface area (Å²) in [4.78, 5) is 42.4. The maximum atomic E-state index is 13.8. The Labute approximate surface area is 219 Å². The maximum absolute atomic E-state index is 13.8. The molecule has 1 N–H and O–H groups in total. The number of thiophene rings is 1. The summed E-state index contributed by atoms with van der Waals surface area (Å²) in [5, 5.41) is 5.83. The number of nitrogens with one attached hydrogen (secondary N) is 1. The van der Waals surface area contributed by atoms with Gasteiger partial charge in [-0.2, -0.15) is 0 Å². The van der Waals surface area contributed by atoms with E-state index in [2.05, 4.69) is 11.4 Å². The quantitative estimate of drug-likeness (QED) is 0.428. The second-order valence-corrected chi connectivity index (χ2v) is 11.3. The van der Waals surface area contributed by atoms with Crippen molar-refractivity contribution in [1.82, 2.24) is 5.32 Å². The van der Waals surface area contributed by atoms with Gasteiger partial charge in [0.2, 0.25) is 0 Å². The molecule has 0 spiro atoms. The van der Waals surface area contributed by atoms with Crippen molar-refractivity contribution in [3.05, 3.63) is 90.7 Å². The monoisotopic (exact) mass is 515 g/mol. The number of dihydropyridines is 1. The average Bonchev–Trinajstić information content (AvgIpc) is 3.58. The van der Waals surface area contributed by atoms with Gasteiger partial charge in [0.15, 0.2) is 11.2 Å². The molecule has 37 heavy (non-hydrogen) atoms. The number of hydrogen-bond acceptors (Lipinski definition) is 7. The van der Waals surface area contributed by atoms with Crippen molar-refractivity contribution in [2.24, 2.45) is 0 Å². The van der Waals surface area contributed by atoms with Crippen molar-refractivity contribution in [3.8, 4) is 0 Å². The first-order valence-corrected chi connectivity index (χ1v) is 13.8. The van der Waals surface area contributed by atoms with Crippen LogP contribution in [0.5, 0.6) is 0 Å². The van der Waals surface area contributed by atoms with E-state index in [0.29, 0.717) is 46.2 Å². The van der Waals surface area contributed by atoms with Gasteiger partial charge in [-0.05, 0) is 69.5 Å². The van der Waals surface area contributed by atoms with Gasteiger partial charge in [0.05, 0.1) is 23.1 Å². The van der Waals surface area contributed by atoms with Crippen molar-refractivity contribution in [2.45, 2.75) is 70.3 Å². The molecule has 7 heteroatoms.